The van der Waals surface area contributed by atoms with Gasteiger partial charge in [-0.25, -0.2) is 14.2 Å². The van der Waals surface area contributed by atoms with Crippen LogP contribution in [0.1, 0.15) is 139 Å². The molecule has 0 bridgehead atoms. The van der Waals surface area contributed by atoms with Crippen LogP contribution in [0.3, 0.4) is 0 Å². The van der Waals surface area contributed by atoms with Crippen LogP contribution in [-0.2, 0) is 73.1 Å². The molecule has 0 aliphatic heterocycles. The molecule has 0 aliphatic carbocycles. The molecule has 1 unspecified atom stereocenters. The molecule has 13 heteroatoms. The predicted octanol–water partition coefficient (Wildman–Crippen LogP) is 13.2. The van der Waals surface area contributed by atoms with E-state index < -0.39 is 38.1 Å². The van der Waals surface area contributed by atoms with E-state index in [0.29, 0.717) is 11.1 Å². The molecular formula is C54H74NO11P. The summed E-state index contributed by atoms with van der Waals surface area (Å²) in [4.78, 5) is 39.8. The van der Waals surface area contributed by atoms with Crippen molar-refractivity contribution in [1.82, 2.24) is 5.32 Å². The average Bonchev–Trinajstić information content (AvgIpc) is 3.35. The number of unbranched alkanes of at least 4 members (excludes halogenated alkanes) is 14. The number of rotatable bonds is 36. The lowest BCUT2D eigenvalue weighted by atomic mass is 10.0. The number of benzene rings is 4. The summed E-state index contributed by atoms with van der Waals surface area (Å²) in [5.74, 6) is -1.23. The van der Waals surface area contributed by atoms with Gasteiger partial charge in [0, 0.05) is 6.42 Å². The summed E-state index contributed by atoms with van der Waals surface area (Å²) in [7, 11) is -4.58. The number of esters is 2. The normalized spacial score (nSPS) is 13.5. The van der Waals surface area contributed by atoms with Crippen molar-refractivity contribution >= 4 is 25.9 Å². The standard InChI is InChI=1S/C54H74NO11P/c1-3-4-5-6-7-8-9-10-11-12-13-14-15-16-29-38-51(56)61-43-50(60-39-46-30-21-17-22-31-46)44-65-67(59,64-42-49-36-27-20-28-37-49)66-45(2)52(53(57)62-40-47-32-23-18-24-33-47)55-54(58)63-41-48-34-25-19-26-35-48/h17-28,30-37,45,50,52H,3-16,29,38-44H2,1-2H3,(H,55,58)/t45-,50-,52+,67?/m1/s1. The van der Waals surface area contributed by atoms with Gasteiger partial charge in [-0.05, 0) is 35.6 Å². The highest BCUT2D eigenvalue weighted by molar-refractivity contribution is 7.48. The molecule has 366 valence electrons. The maximum Gasteiger partial charge on any atom is 0.475 e. The van der Waals surface area contributed by atoms with E-state index in [2.05, 4.69) is 12.2 Å². The molecule has 0 saturated carbocycles. The lowest BCUT2D eigenvalue weighted by Gasteiger charge is -2.28. The second kappa shape index (κ2) is 33.6. The highest BCUT2D eigenvalue weighted by atomic mass is 31.2. The molecule has 0 aromatic heterocycles. The summed E-state index contributed by atoms with van der Waals surface area (Å²) < 4.78 is 55.4. The summed E-state index contributed by atoms with van der Waals surface area (Å²) in [5.41, 5.74) is 2.99. The first-order valence-corrected chi connectivity index (χ1v) is 25.8. The Bertz CT molecular complexity index is 1960. The summed E-state index contributed by atoms with van der Waals surface area (Å²) in [6.45, 7) is 2.97. The van der Waals surface area contributed by atoms with E-state index in [1.807, 2.05) is 72.8 Å². The monoisotopic (exact) mass is 943 g/mol. The van der Waals surface area contributed by atoms with Gasteiger partial charge in [-0.3, -0.25) is 18.4 Å². The van der Waals surface area contributed by atoms with Crippen LogP contribution in [0.4, 0.5) is 4.79 Å². The molecule has 0 radical (unpaired) electrons. The highest BCUT2D eigenvalue weighted by Crippen LogP contribution is 2.52. The number of carbonyl (C=O) groups excluding carboxylic acids is 3. The molecule has 67 heavy (non-hydrogen) atoms. The van der Waals surface area contributed by atoms with Gasteiger partial charge in [0.1, 0.15) is 25.9 Å². The van der Waals surface area contributed by atoms with Crippen LogP contribution in [0.2, 0.25) is 0 Å². The number of phosphoric ester groups is 1. The molecular weight excluding hydrogens is 870 g/mol. The molecule has 1 N–H and O–H groups in total. The van der Waals surface area contributed by atoms with Gasteiger partial charge >= 0.3 is 25.9 Å². The summed E-state index contributed by atoms with van der Waals surface area (Å²) in [6.07, 6.45) is 15.6. The van der Waals surface area contributed by atoms with Gasteiger partial charge in [0.15, 0.2) is 6.04 Å². The van der Waals surface area contributed by atoms with Crippen molar-refractivity contribution in [2.24, 2.45) is 0 Å². The quantitative estimate of drug-likeness (QED) is 0.0201. The number of hydrogen-bond acceptors (Lipinski definition) is 11. The Morgan fingerprint density at radius 2 is 0.940 bits per heavy atom. The van der Waals surface area contributed by atoms with Crippen molar-refractivity contribution in [1.29, 1.82) is 0 Å². The SMILES string of the molecule is CCCCCCCCCCCCCCCCCC(=O)OC[C@H](COP(=O)(OCc1ccccc1)O[C@H](C)[C@H](NC(=O)OCc1ccccc1)C(=O)OCc1ccccc1)OCc1ccccc1. The highest BCUT2D eigenvalue weighted by Gasteiger charge is 2.38. The van der Waals surface area contributed by atoms with Crippen molar-refractivity contribution in [2.75, 3.05) is 13.2 Å². The van der Waals surface area contributed by atoms with E-state index in [1.165, 1.54) is 77.6 Å². The van der Waals surface area contributed by atoms with Crippen molar-refractivity contribution in [3.63, 3.8) is 0 Å². The summed E-state index contributed by atoms with van der Waals surface area (Å²) in [6, 6.07) is 35.0. The second-order valence-electron chi connectivity index (χ2n) is 16.9. The number of carbonyl (C=O) groups is 3. The Morgan fingerprint density at radius 1 is 0.507 bits per heavy atom. The van der Waals surface area contributed by atoms with E-state index in [-0.39, 0.29) is 52.0 Å². The fourth-order valence-corrected chi connectivity index (χ4v) is 8.56. The van der Waals surface area contributed by atoms with E-state index in [4.69, 9.17) is 32.5 Å². The van der Waals surface area contributed by atoms with Crippen molar-refractivity contribution in [3.05, 3.63) is 144 Å². The van der Waals surface area contributed by atoms with Gasteiger partial charge in [-0.1, -0.05) is 218 Å². The zero-order valence-electron chi connectivity index (χ0n) is 39.8. The van der Waals surface area contributed by atoms with Crippen LogP contribution in [0.25, 0.3) is 0 Å². The molecule has 0 fully saturated rings. The van der Waals surface area contributed by atoms with E-state index in [9.17, 15) is 18.9 Å². The zero-order valence-corrected chi connectivity index (χ0v) is 40.7. The van der Waals surface area contributed by atoms with Crippen LogP contribution < -0.4 is 5.32 Å². The molecule has 4 rings (SSSR count). The second-order valence-corrected chi connectivity index (χ2v) is 18.5. The first kappa shape index (κ1) is 54.8. The minimum atomic E-state index is -4.58. The maximum absolute atomic E-state index is 14.7. The molecule has 4 aromatic rings. The smallest absolute Gasteiger partial charge is 0.463 e. The number of phosphoric acid groups is 1. The molecule has 12 nitrogen and oxygen atoms in total. The fraction of sp³-hybridized carbons (Fsp3) is 0.500. The van der Waals surface area contributed by atoms with Gasteiger partial charge < -0.3 is 24.3 Å². The van der Waals surface area contributed by atoms with Crippen LogP contribution >= 0.6 is 7.82 Å². The topological polar surface area (TPSA) is 145 Å². The maximum atomic E-state index is 14.7. The van der Waals surface area contributed by atoms with Crippen molar-refractivity contribution in [3.8, 4) is 0 Å². The predicted molar refractivity (Wildman–Crippen MR) is 261 cm³/mol. The van der Waals surface area contributed by atoms with Gasteiger partial charge in [0.2, 0.25) is 0 Å². The zero-order chi connectivity index (χ0) is 47.6. The van der Waals surface area contributed by atoms with Crippen LogP contribution in [0.5, 0.6) is 0 Å². The van der Waals surface area contributed by atoms with E-state index in [0.717, 1.165) is 36.8 Å². The van der Waals surface area contributed by atoms with Crippen LogP contribution in [-0.4, -0.2) is 49.5 Å². The number of alkyl carbamates (subject to hydrolysis) is 1. The van der Waals surface area contributed by atoms with E-state index in [1.54, 1.807) is 48.5 Å². The number of ether oxygens (including phenoxy) is 4. The van der Waals surface area contributed by atoms with Crippen LogP contribution in [0, 0.1) is 0 Å². The minimum Gasteiger partial charge on any atom is -0.463 e. The number of hydrogen-bond donors (Lipinski definition) is 1. The first-order valence-electron chi connectivity index (χ1n) is 24.3. The van der Waals surface area contributed by atoms with Gasteiger partial charge in [-0.2, -0.15) is 0 Å². The number of nitrogens with one attached hydrogen (secondary N) is 1. The van der Waals surface area contributed by atoms with Gasteiger partial charge in [0.25, 0.3) is 0 Å². The third kappa shape index (κ3) is 24.7. The molecule has 4 atom stereocenters. The molecule has 0 heterocycles. The van der Waals surface area contributed by atoms with Crippen molar-refractivity contribution in [2.45, 2.75) is 161 Å². The average molecular weight is 944 g/mol. The summed E-state index contributed by atoms with van der Waals surface area (Å²) in [5, 5.41) is 2.53. The lowest BCUT2D eigenvalue weighted by Crippen LogP contribution is -2.49. The lowest BCUT2D eigenvalue weighted by molar-refractivity contribution is -0.150. The molecule has 0 saturated heterocycles. The van der Waals surface area contributed by atoms with Gasteiger partial charge in [0.05, 0.1) is 25.9 Å². The Balaban J connectivity index is 1.35. The first-order chi connectivity index (χ1) is 32.7. The molecule has 0 aliphatic rings. The van der Waals surface area contributed by atoms with Crippen LogP contribution in [0.15, 0.2) is 121 Å². The Hall–Kier alpha value is -4.84. The summed E-state index contributed by atoms with van der Waals surface area (Å²) >= 11 is 0. The third-order valence-corrected chi connectivity index (χ3v) is 12.6. The minimum absolute atomic E-state index is 0.0656. The van der Waals surface area contributed by atoms with Gasteiger partial charge in [-0.15, -0.1) is 0 Å². The Morgan fingerprint density at radius 3 is 1.43 bits per heavy atom. The van der Waals surface area contributed by atoms with Crippen molar-refractivity contribution < 1.29 is 51.5 Å². The Labute approximate surface area is 399 Å². The molecule has 4 aromatic carbocycles. The number of amides is 1. The largest absolute Gasteiger partial charge is 0.475 e. The molecule has 0 spiro atoms. The van der Waals surface area contributed by atoms with E-state index >= 15 is 0 Å². The Kier molecular flexibility index (Phi) is 27.5. The molecule has 1 amide bonds. The fourth-order valence-electron chi connectivity index (χ4n) is 7.17. The third-order valence-electron chi connectivity index (χ3n) is 11.1.